The van der Waals surface area contributed by atoms with Crippen LogP contribution in [0.4, 0.5) is 5.69 Å². The van der Waals surface area contributed by atoms with Crippen LogP contribution in [-0.2, 0) is 9.59 Å². The van der Waals surface area contributed by atoms with Gasteiger partial charge in [-0.1, -0.05) is 18.9 Å². The SMILES string of the molecule is CNCC(=O)NCC1(C(=O)Nc2ccc(C)c(C)c2)CCCC1. The van der Waals surface area contributed by atoms with E-state index in [0.29, 0.717) is 6.54 Å². The lowest BCUT2D eigenvalue weighted by molar-refractivity contribution is -0.126. The predicted molar refractivity (Wildman–Crippen MR) is 92.4 cm³/mol. The van der Waals surface area contributed by atoms with Gasteiger partial charge in [0.2, 0.25) is 11.8 Å². The number of benzene rings is 1. The number of anilines is 1. The highest BCUT2D eigenvalue weighted by Gasteiger charge is 2.41. The Labute approximate surface area is 138 Å². The Balaban J connectivity index is 2.05. The first-order valence-corrected chi connectivity index (χ1v) is 8.27. The molecular formula is C18H27N3O2. The molecule has 1 aromatic carbocycles. The molecule has 23 heavy (non-hydrogen) atoms. The molecule has 2 rings (SSSR count). The quantitative estimate of drug-likeness (QED) is 0.753. The Morgan fingerprint density at radius 2 is 1.83 bits per heavy atom. The molecule has 0 unspecified atom stereocenters. The maximum atomic E-state index is 12.8. The highest BCUT2D eigenvalue weighted by molar-refractivity contribution is 5.96. The minimum atomic E-state index is -0.484. The smallest absolute Gasteiger partial charge is 0.233 e. The van der Waals surface area contributed by atoms with Crippen LogP contribution in [-0.4, -0.2) is 32.0 Å². The van der Waals surface area contributed by atoms with Crippen molar-refractivity contribution in [1.29, 1.82) is 0 Å². The van der Waals surface area contributed by atoms with E-state index < -0.39 is 5.41 Å². The van der Waals surface area contributed by atoms with Crippen LogP contribution in [0.25, 0.3) is 0 Å². The van der Waals surface area contributed by atoms with Crippen molar-refractivity contribution in [2.45, 2.75) is 39.5 Å². The van der Waals surface area contributed by atoms with Crippen molar-refractivity contribution in [2.24, 2.45) is 5.41 Å². The standard InChI is InChI=1S/C18H27N3O2/c1-13-6-7-15(10-14(13)2)21-17(23)18(8-4-5-9-18)12-20-16(22)11-19-3/h6-7,10,19H,4-5,8-9,11-12H2,1-3H3,(H,20,22)(H,21,23). The van der Waals surface area contributed by atoms with E-state index in [9.17, 15) is 9.59 Å². The first-order chi connectivity index (χ1) is 11.0. The third-order valence-corrected chi connectivity index (χ3v) is 4.77. The maximum absolute atomic E-state index is 12.8. The van der Waals surface area contributed by atoms with E-state index in [0.717, 1.165) is 36.9 Å². The van der Waals surface area contributed by atoms with Gasteiger partial charge in [0, 0.05) is 12.2 Å². The van der Waals surface area contributed by atoms with Crippen LogP contribution >= 0.6 is 0 Å². The first kappa shape index (κ1) is 17.5. The summed E-state index contributed by atoms with van der Waals surface area (Å²) in [4.78, 5) is 24.5. The van der Waals surface area contributed by atoms with E-state index in [1.165, 1.54) is 5.56 Å². The molecule has 1 aromatic rings. The first-order valence-electron chi connectivity index (χ1n) is 8.27. The average molecular weight is 317 g/mol. The van der Waals surface area contributed by atoms with Crippen molar-refractivity contribution in [2.75, 3.05) is 25.5 Å². The van der Waals surface area contributed by atoms with Crippen molar-refractivity contribution in [3.05, 3.63) is 29.3 Å². The van der Waals surface area contributed by atoms with Gasteiger partial charge in [-0.15, -0.1) is 0 Å². The summed E-state index contributed by atoms with van der Waals surface area (Å²) in [5, 5.41) is 8.76. The van der Waals surface area contributed by atoms with Crippen LogP contribution in [0.5, 0.6) is 0 Å². The van der Waals surface area contributed by atoms with Crippen LogP contribution in [0.2, 0.25) is 0 Å². The molecule has 0 aromatic heterocycles. The Morgan fingerprint density at radius 1 is 1.13 bits per heavy atom. The molecule has 2 amide bonds. The van der Waals surface area contributed by atoms with Crippen LogP contribution in [0.3, 0.4) is 0 Å². The van der Waals surface area contributed by atoms with Gasteiger partial charge in [0.25, 0.3) is 0 Å². The number of carbonyl (C=O) groups is 2. The fourth-order valence-corrected chi connectivity index (χ4v) is 3.11. The van der Waals surface area contributed by atoms with Gasteiger partial charge >= 0.3 is 0 Å². The second kappa shape index (κ2) is 7.59. The fourth-order valence-electron chi connectivity index (χ4n) is 3.11. The molecule has 0 spiro atoms. The molecule has 0 radical (unpaired) electrons. The third kappa shape index (κ3) is 4.32. The molecule has 1 aliphatic rings. The molecule has 1 saturated carbocycles. The van der Waals surface area contributed by atoms with Gasteiger partial charge in [-0.25, -0.2) is 0 Å². The van der Waals surface area contributed by atoms with Crippen LogP contribution in [0, 0.1) is 19.3 Å². The molecular weight excluding hydrogens is 290 g/mol. The highest BCUT2D eigenvalue weighted by atomic mass is 16.2. The van der Waals surface area contributed by atoms with Crippen LogP contribution in [0.15, 0.2) is 18.2 Å². The molecule has 0 bridgehead atoms. The van der Waals surface area contributed by atoms with E-state index in [4.69, 9.17) is 0 Å². The Kier molecular flexibility index (Phi) is 5.77. The number of carbonyl (C=O) groups excluding carboxylic acids is 2. The zero-order valence-corrected chi connectivity index (χ0v) is 14.3. The molecule has 5 heteroatoms. The molecule has 0 saturated heterocycles. The van der Waals surface area contributed by atoms with Crippen LogP contribution < -0.4 is 16.0 Å². The zero-order chi connectivity index (χ0) is 16.9. The zero-order valence-electron chi connectivity index (χ0n) is 14.3. The molecule has 3 N–H and O–H groups in total. The monoisotopic (exact) mass is 317 g/mol. The lowest BCUT2D eigenvalue weighted by Crippen LogP contribution is -2.45. The number of hydrogen-bond donors (Lipinski definition) is 3. The second-order valence-corrected chi connectivity index (χ2v) is 6.55. The van der Waals surface area contributed by atoms with Gasteiger partial charge in [-0.2, -0.15) is 0 Å². The topological polar surface area (TPSA) is 70.2 Å². The largest absolute Gasteiger partial charge is 0.354 e. The van der Waals surface area contributed by atoms with Crippen molar-refractivity contribution in [3.63, 3.8) is 0 Å². The summed E-state index contributed by atoms with van der Waals surface area (Å²) in [5.41, 5.74) is 2.71. The Morgan fingerprint density at radius 3 is 2.43 bits per heavy atom. The van der Waals surface area contributed by atoms with Gasteiger partial charge in [0.15, 0.2) is 0 Å². The van der Waals surface area contributed by atoms with Crippen molar-refractivity contribution in [3.8, 4) is 0 Å². The molecule has 0 atom stereocenters. The van der Waals surface area contributed by atoms with Crippen molar-refractivity contribution in [1.82, 2.24) is 10.6 Å². The summed E-state index contributed by atoms with van der Waals surface area (Å²) >= 11 is 0. The van der Waals surface area contributed by atoms with Gasteiger partial charge in [0.1, 0.15) is 0 Å². The normalized spacial score (nSPS) is 16.1. The molecule has 0 heterocycles. The lowest BCUT2D eigenvalue weighted by Gasteiger charge is -2.28. The molecule has 1 aliphatic carbocycles. The van der Waals surface area contributed by atoms with Gasteiger partial charge in [-0.05, 0) is 57.0 Å². The van der Waals surface area contributed by atoms with E-state index in [2.05, 4.69) is 22.9 Å². The number of rotatable bonds is 6. The summed E-state index contributed by atoms with van der Waals surface area (Å²) in [6, 6.07) is 5.94. The minimum Gasteiger partial charge on any atom is -0.354 e. The second-order valence-electron chi connectivity index (χ2n) is 6.55. The maximum Gasteiger partial charge on any atom is 0.233 e. The molecule has 1 fully saturated rings. The van der Waals surface area contributed by atoms with Gasteiger partial charge < -0.3 is 16.0 Å². The molecule has 126 valence electrons. The van der Waals surface area contributed by atoms with E-state index in [1.807, 2.05) is 25.1 Å². The molecule has 0 aliphatic heterocycles. The number of amides is 2. The summed E-state index contributed by atoms with van der Waals surface area (Å²) in [6.45, 7) is 4.77. The average Bonchev–Trinajstić information content (AvgIpc) is 2.99. The highest BCUT2D eigenvalue weighted by Crippen LogP contribution is 2.38. The summed E-state index contributed by atoms with van der Waals surface area (Å²) in [5.74, 6) is -0.0548. The summed E-state index contributed by atoms with van der Waals surface area (Å²) < 4.78 is 0. The van der Waals surface area contributed by atoms with E-state index >= 15 is 0 Å². The summed E-state index contributed by atoms with van der Waals surface area (Å²) in [7, 11) is 1.73. The van der Waals surface area contributed by atoms with E-state index in [-0.39, 0.29) is 18.4 Å². The number of aryl methyl sites for hydroxylation is 2. The van der Waals surface area contributed by atoms with E-state index in [1.54, 1.807) is 7.05 Å². The minimum absolute atomic E-state index is 0.0167. The number of nitrogens with one attached hydrogen (secondary N) is 3. The summed E-state index contributed by atoms with van der Waals surface area (Å²) in [6.07, 6.45) is 3.71. The lowest BCUT2D eigenvalue weighted by atomic mass is 9.84. The van der Waals surface area contributed by atoms with Crippen molar-refractivity contribution < 1.29 is 9.59 Å². The fraction of sp³-hybridized carbons (Fsp3) is 0.556. The van der Waals surface area contributed by atoms with Crippen molar-refractivity contribution >= 4 is 17.5 Å². The predicted octanol–water partition coefficient (Wildman–Crippen LogP) is 2.14. The number of hydrogen-bond acceptors (Lipinski definition) is 3. The van der Waals surface area contributed by atoms with Gasteiger partial charge in [-0.3, -0.25) is 9.59 Å². The Hall–Kier alpha value is -1.88. The van der Waals surface area contributed by atoms with Gasteiger partial charge in [0.05, 0.1) is 12.0 Å². The van der Waals surface area contributed by atoms with Crippen LogP contribution in [0.1, 0.15) is 36.8 Å². The third-order valence-electron chi connectivity index (χ3n) is 4.77. The number of likely N-dealkylation sites (N-methyl/N-ethyl adjacent to an activating group) is 1. The Bertz CT molecular complexity index is 578. The molecule has 5 nitrogen and oxygen atoms in total.